The van der Waals surface area contributed by atoms with Gasteiger partial charge in [-0.3, -0.25) is 4.90 Å². The second-order valence-electron chi connectivity index (χ2n) is 6.37. The second-order valence-corrected chi connectivity index (χ2v) is 7.29. The van der Waals surface area contributed by atoms with Gasteiger partial charge < -0.3 is 14.0 Å². The van der Waals surface area contributed by atoms with Crippen LogP contribution in [-0.2, 0) is 11.3 Å². The minimum Gasteiger partial charge on any atom is -0.497 e. The van der Waals surface area contributed by atoms with Crippen molar-refractivity contribution in [2.24, 2.45) is 0 Å². The summed E-state index contributed by atoms with van der Waals surface area (Å²) in [5, 5.41) is 0. The predicted molar refractivity (Wildman–Crippen MR) is 106 cm³/mol. The van der Waals surface area contributed by atoms with Crippen molar-refractivity contribution in [2.45, 2.75) is 12.8 Å². The molecule has 0 saturated carbocycles. The monoisotopic (exact) mass is 412 g/mol. The van der Waals surface area contributed by atoms with Crippen molar-refractivity contribution in [3.63, 3.8) is 0 Å². The largest absolute Gasteiger partial charge is 0.497 e. The third kappa shape index (κ3) is 3.70. The van der Waals surface area contributed by atoms with Crippen molar-refractivity contribution < 1.29 is 9.47 Å². The Morgan fingerprint density at radius 1 is 1.15 bits per heavy atom. The molecular formula is C21H21BrN2O2. The van der Waals surface area contributed by atoms with Gasteiger partial charge in [0.1, 0.15) is 12.0 Å². The van der Waals surface area contributed by atoms with E-state index in [0.717, 1.165) is 35.6 Å². The van der Waals surface area contributed by atoms with Crippen molar-refractivity contribution >= 4 is 15.9 Å². The summed E-state index contributed by atoms with van der Waals surface area (Å²) < 4.78 is 14.5. The summed E-state index contributed by atoms with van der Waals surface area (Å²) in [6, 6.07) is 18.6. The van der Waals surface area contributed by atoms with E-state index in [0.29, 0.717) is 0 Å². The van der Waals surface area contributed by atoms with Crippen LogP contribution in [0.3, 0.4) is 0 Å². The van der Waals surface area contributed by atoms with Crippen molar-refractivity contribution in [3.8, 4) is 11.4 Å². The standard InChI is InChI=1S/C21H21BrN2O2/c1-25-20-7-5-16(6-8-20)14-24-11-12-26-21(24)17-9-10-23(15-17)19-4-2-3-18(22)13-19/h2-10,13,15,21H,11-12,14H2,1H3. The second kappa shape index (κ2) is 7.66. The molecule has 0 bridgehead atoms. The van der Waals surface area contributed by atoms with E-state index in [-0.39, 0.29) is 6.23 Å². The van der Waals surface area contributed by atoms with E-state index in [1.54, 1.807) is 7.11 Å². The molecule has 2 aromatic carbocycles. The Bertz CT molecular complexity index is 876. The van der Waals surface area contributed by atoms with E-state index in [1.807, 2.05) is 24.3 Å². The molecule has 26 heavy (non-hydrogen) atoms. The van der Waals surface area contributed by atoms with Crippen LogP contribution >= 0.6 is 15.9 Å². The Labute approximate surface area is 162 Å². The lowest BCUT2D eigenvalue weighted by molar-refractivity contribution is 0.0288. The fourth-order valence-corrected chi connectivity index (χ4v) is 3.68. The molecule has 1 fully saturated rings. The van der Waals surface area contributed by atoms with Gasteiger partial charge in [0.15, 0.2) is 0 Å². The van der Waals surface area contributed by atoms with Crippen molar-refractivity contribution in [2.75, 3.05) is 20.3 Å². The van der Waals surface area contributed by atoms with Crippen LogP contribution in [0.1, 0.15) is 17.4 Å². The Morgan fingerprint density at radius 3 is 2.77 bits per heavy atom. The van der Waals surface area contributed by atoms with Crippen LogP contribution in [0.2, 0.25) is 0 Å². The third-order valence-electron chi connectivity index (χ3n) is 4.64. The smallest absolute Gasteiger partial charge is 0.138 e. The molecule has 3 aromatic rings. The molecule has 0 aliphatic carbocycles. The molecule has 0 spiro atoms. The Hall–Kier alpha value is -2.08. The lowest BCUT2D eigenvalue weighted by Crippen LogP contribution is -2.23. The number of methoxy groups -OCH3 is 1. The molecule has 5 heteroatoms. The quantitative estimate of drug-likeness (QED) is 0.603. The van der Waals surface area contributed by atoms with Crippen LogP contribution in [0, 0.1) is 0 Å². The number of hydrogen-bond acceptors (Lipinski definition) is 3. The van der Waals surface area contributed by atoms with Gasteiger partial charge in [-0.25, -0.2) is 0 Å². The fourth-order valence-electron chi connectivity index (χ4n) is 3.30. The van der Waals surface area contributed by atoms with Crippen molar-refractivity contribution in [1.82, 2.24) is 9.47 Å². The van der Waals surface area contributed by atoms with Gasteiger partial charge in [-0.15, -0.1) is 0 Å². The number of benzene rings is 2. The van der Waals surface area contributed by atoms with Crippen LogP contribution in [0.5, 0.6) is 5.75 Å². The number of nitrogens with zero attached hydrogens (tertiary/aromatic N) is 2. The molecule has 0 amide bonds. The lowest BCUT2D eigenvalue weighted by atomic mass is 10.2. The van der Waals surface area contributed by atoms with Gasteiger partial charge in [0.25, 0.3) is 0 Å². The zero-order valence-corrected chi connectivity index (χ0v) is 16.2. The average Bonchev–Trinajstić information content (AvgIpc) is 3.31. The van der Waals surface area contributed by atoms with Gasteiger partial charge in [-0.1, -0.05) is 34.1 Å². The molecule has 1 saturated heterocycles. The summed E-state index contributed by atoms with van der Waals surface area (Å²) >= 11 is 3.53. The molecular weight excluding hydrogens is 392 g/mol. The van der Waals surface area contributed by atoms with Crippen molar-refractivity contribution in [1.29, 1.82) is 0 Å². The predicted octanol–water partition coefficient (Wildman–Crippen LogP) is 4.78. The zero-order valence-electron chi connectivity index (χ0n) is 14.6. The Kier molecular flexibility index (Phi) is 5.11. The summed E-state index contributed by atoms with van der Waals surface area (Å²) in [6.07, 6.45) is 4.23. The zero-order chi connectivity index (χ0) is 17.9. The molecule has 134 valence electrons. The van der Waals surface area contributed by atoms with Gasteiger partial charge in [0.05, 0.1) is 13.7 Å². The molecule has 2 heterocycles. The lowest BCUT2D eigenvalue weighted by Gasteiger charge is -2.22. The van der Waals surface area contributed by atoms with E-state index in [9.17, 15) is 0 Å². The maximum Gasteiger partial charge on any atom is 0.138 e. The van der Waals surface area contributed by atoms with E-state index in [1.165, 1.54) is 11.1 Å². The molecule has 0 N–H and O–H groups in total. The van der Waals surface area contributed by atoms with Gasteiger partial charge in [0.2, 0.25) is 0 Å². The van der Waals surface area contributed by atoms with Gasteiger partial charge >= 0.3 is 0 Å². The first-order valence-electron chi connectivity index (χ1n) is 8.65. The van der Waals surface area contributed by atoms with E-state index >= 15 is 0 Å². The summed E-state index contributed by atoms with van der Waals surface area (Å²) in [4.78, 5) is 2.36. The summed E-state index contributed by atoms with van der Waals surface area (Å²) in [7, 11) is 1.69. The molecule has 1 atom stereocenters. The number of aromatic nitrogens is 1. The molecule has 1 unspecified atom stereocenters. The van der Waals surface area contributed by atoms with Gasteiger partial charge in [-0.2, -0.15) is 0 Å². The van der Waals surface area contributed by atoms with Crippen molar-refractivity contribution in [3.05, 3.63) is 82.6 Å². The summed E-state index contributed by atoms with van der Waals surface area (Å²) in [5.41, 5.74) is 3.56. The topological polar surface area (TPSA) is 26.6 Å². The highest BCUT2D eigenvalue weighted by Crippen LogP contribution is 2.30. The molecule has 4 rings (SSSR count). The Morgan fingerprint density at radius 2 is 2.00 bits per heavy atom. The first-order valence-corrected chi connectivity index (χ1v) is 9.45. The third-order valence-corrected chi connectivity index (χ3v) is 5.13. The summed E-state index contributed by atoms with van der Waals surface area (Å²) in [5.74, 6) is 0.883. The van der Waals surface area contributed by atoms with E-state index in [4.69, 9.17) is 9.47 Å². The van der Waals surface area contributed by atoms with Gasteiger partial charge in [-0.05, 0) is 42.0 Å². The highest BCUT2D eigenvalue weighted by Gasteiger charge is 2.27. The fraction of sp³-hybridized carbons (Fsp3) is 0.238. The summed E-state index contributed by atoms with van der Waals surface area (Å²) in [6.45, 7) is 2.54. The van der Waals surface area contributed by atoms with Crippen LogP contribution in [-0.4, -0.2) is 29.7 Å². The van der Waals surface area contributed by atoms with E-state index < -0.39 is 0 Å². The average molecular weight is 413 g/mol. The maximum absolute atomic E-state index is 6.02. The number of halogens is 1. The number of rotatable bonds is 5. The molecule has 1 aromatic heterocycles. The Balaban J connectivity index is 1.51. The highest BCUT2D eigenvalue weighted by atomic mass is 79.9. The molecule has 1 aliphatic rings. The van der Waals surface area contributed by atoms with Crippen LogP contribution in [0.4, 0.5) is 0 Å². The number of hydrogen-bond donors (Lipinski definition) is 0. The van der Waals surface area contributed by atoms with E-state index in [2.05, 4.69) is 68.1 Å². The normalized spacial score (nSPS) is 17.5. The highest BCUT2D eigenvalue weighted by molar-refractivity contribution is 9.10. The van der Waals surface area contributed by atoms with Crippen LogP contribution in [0.15, 0.2) is 71.5 Å². The minimum absolute atomic E-state index is 0.00879. The molecule has 0 radical (unpaired) electrons. The first kappa shape index (κ1) is 17.3. The number of ether oxygens (including phenoxy) is 2. The first-order chi connectivity index (χ1) is 12.7. The molecule has 4 nitrogen and oxygen atoms in total. The van der Waals surface area contributed by atoms with Gasteiger partial charge in [0, 0.05) is 41.2 Å². The molecule has 1 aliphatic heterocycles. The maximum atomic E-state index is 6.02. The SMILES string of the molecule is COc1ccc(CN2CCOC2c2ccn(-c3cccc(Br)c3)c2)cc1. The van der Waals surface area contributed by atoms with Crippen LogP contribution in [0.25, 0.3) is 5.69 Å². The van der Waals surface area contributed by atoms with Crippen LogP contribution < -0.4 is 4.74 Å². The minimum atomic E-state index is -0.00879.